The van der Waals surface area contributed by atoms with Crippen LogP contribution in [-0.2, 0) is 11.3 Å². The number of aliphatic hydroxyl groups is 1. The number of aliphatic hydroxyl groups excluding tert-OH is 1. The van der Waals surface area contributed by atoms with Crippen LogP contribution in [0.3, 0.4) is 0 Å². The highest BCUT2D eigenvalue weighted by Crippen LogP contribution is 2.35. The Bertz CT molecular complexity index is 1120. The van der Waals surface area contributed by atoms with Crippen LogP contribution in [-0.4, -0.2) is 34.3 Å². The van der Waals surface area contributed by atoms with Crippen LogP contribution in [0, 0.1) is 11.6 Å². The number of phenols is 1. The molecule has 2 aromatic carbocycles. The van der Waals surface area contributed by atoms with Gasteiger partial charge in [0, 0.05) is 36.5 Å². The molecule has 1 amide bonds. The molecule has 0 unspecified atom stereocenters. The molecule has 3 rings (SSSR count). The second kappa shape index (κ2) is 8.97. The molecule has 5 N–H and O–H groups in total. The van der Waals surface area contributed by atoms with Crippen LogP contribution in [0.15, 0.2) is 48.5 Å². The molecule has 1 atom stereocenters. The van der Waals surface area contributed by atoms with E-state index in [-0.39, 0.29) is 23.8 Å². The van der Waals surface area contributed by atoms with E-state index >= 15 is 0 Å². The van der Waals surface area contributed by atoms with Gasteiger partial charge in [-0.05, 0) is 43.3 Å². The number of phenolic OH excluding ortho intramolecular Hbond substituents is 1. The van der Waals surface area contributed by atoms with Gasteiger partial charge in [0.1, 0.15) is 29.3 Å². The number of carbonyl (C=O) groups is 1. The lowest BCUT2D eigenvalue weighted by atomic mass is 10.1. The molecule has 1 heterocycles. The van der Waals surface area contributed by atoms with Crippen LogP contribution in [0.4, 0.5) is 26.0 Å². The first-order chi connectivity index (χ1) is 14.7. The molecule has 0 aliphatic heterocycles. The number of aromatic nitrogens is 1. The van der Waals surface area contributed by atoms with E-state index in [1.54, 1.807) is 31.3 Å². The second-order valence-corrected chi connectivity index (χ2v) is 6.99. The van der Waals surface area contributed by atoms with Crippen LogP contribution in [0.1, 0.15) is 12.5 Å². The number of hydrogen-bond acceptors (Lipinski definition) is 6. The van der Waals surface area contributed by atoms with Crippen molar-refractivity contribution in [1.29, 1.82) is 0 Å². The molecular weight excluding hydrogens is 406 g/mol. The number of hydrogen-bond donors (Lipinski definition) is 4. The molecule has 0 spiro atoms. The summed E-state index contributed by atoms with van der Waals surface area (Å²) in [5, 5.41) is 22.1. The van der Waals surface area contributed by atoms with Crippen molar-refractivity contribution in [2.45, 2.75) is 19.6 Å². The van der Waals surface area contributed by atoms with Gasteiger partial charge in [-0.15, -0.1) is 0 Å². The standard InChI is InChI=1S/C22H22F2N4O3/c1-12(29)22(31)26-11-13-3-6-18(27-21(13)25)16-10-15(5-8-20(16)30)28(2)19-7-4-14(23)9-17(19)24/h3-10,12,29-30H,11H2,1-2H3,(H2,25,27)(H,26,31)/t12-/m1/s1. The SMILES string of the molecule is C[C@@H](O)C(=O)NCc1ccc(-c2cc(N(C)c3ccc(F)cc3F)ccc2O)nc1N. The maximum Gasteiger partial charge on any atom is 0.248 e. The van der Waals surface area contributed by atoms with Crippen molar-refractivity contribution >= 4 is 23.1 Å². The number of nitrogens with two attached hydrogens (primary N) is 1. The van der Waals surface area contributed by atoms with E-state index in [9.17, 15) is 23.8 Å². The Morgan fingerprint density at radius 3 is 2.58 bits per heavy atom. The molecule has 0 saturated carbocycles. The average Bonchev–Trinajstić information content (AvgIpc) is 2.72. The van der Waals surface area contributed by atoms with Crippen LogP contribution < -0.4 is 16.0 Å². The monoisotopic (exact) mass is 428 g/mol. The lowest BCUT2D eigenvalue weighted by Gasteiger charge is -2.21. The predicted molar refractivity (Wildman–Crippen MR) is 114 cm³/mol. The highest BCUT2D eigenvalue weighted by Gasteiger charge is 2.15. The number of nitrogens with zero attached hydrogens (tertiary/aromatic N) is 2. The number of halogens is 2. The van der Waals surface area contributed by atoms with Gasteiger partial charge in [0.05, 0.1) is 11.4 Å². The molecule has 0 aliphatic carbocycles. The van der Waals surface area contributed by atoms with Crippen molar-refractivity contribution in [3.8, 4) is 17.0 Å². The molecule has 0 saturated heterocycles. The lowest BCUT2D eigenvalue weighted by Crippen LogP contribution is -2.32. The molecule has 1 aromatic heterocycles. The summed E-state index contributed by atoms with van der Waals surface area (Å²) in [6.07, 6.45) is -1.14. The van der Waals surface area contributed by atoms with Gasteiger partial charge in [0.2, 0.25) is 5.91 Å². The fourth-order valence-electron chi connectivity index (χ4n) is 2.96. The minimum absolute atomic E-state index is 0.0567. The van der Waals surface area contributed by atoms with Crippen molar-refractivity contribution in [2.75, 3.05) is 17.7 Å². The van der Waals surface area contributed by atoms with Crippen LogP contribution in [0.2, 0.25) is 0 Å². The minimum atomic E-state index is -1.14. The lowest BCUT2D eigenvalue weighted by molar-refractivity contribution is -0.128. The number of anilines is 3. The van der Waals surface area contributed by atoms with Gasteiger partial charge in [-0.2, -0.15) is 0 Å². The maximum absolute atomic E-state index is 14.2. The molecule has 0 aliphatic rings. The quantitative estimate of drug-likeness (QED) is 0.480. The number of aromatic hydroxyl groups is 1. The summed E-state index contributed by atoms with van der Waals surface area (Å²) in [5.74, 6) is -1.84. The summed E-state index contributed by atoms with van der Waals surface area (Å²) in [7, 11) is 1.61. The van der Waals surface area contributed by atoms with Crippen molar-refractivity contribution in [1.82, 2.24) is 10.3 Å². The molecule has 0 bridgehead atoms. The largest absolute Gasteiger partial charge is 0.507 e. The molecule has 7 nitrogen and oxygen atoms in total. The van der Waals surface area contributed by atoms with Crippen molar-refractivity contribution in [3.05, 3.63) is 65.7 Å². The fraction of sp³-hybridized carbons (Fsp3) is 0.182. The predicted octanol–water partition coefficient (Wildman–Crippen LogP) is 3.08. The Hall–Kier alpha value is -3.72. The Morgan fingerprint density at radius 1 is 1.19 bits per heavy atom. The van der Waals surface area contributed by atoms with E-state index < -0.39 is 23.6 Å². The Kier molecular flexibility index (Phi) is 6.36. The van der Waals surface area contributed by atoms with Gasteiger partial charge in [0.25, 0.3) is 0 Å². The number of rotatable bonds is 6. The molecule has 3 aromatic rings. The summed E-state index contributed by atoms with van der Waals surface area (Å²) in [5.41, 5.74) is 7.96. The van der Waals surface area contributed by atoms with Crippen LogP contribution in [0.5, 0.6) is 5.75 Å². The fourth-order valence-corrected chi connectivity index (χ4v) is 2.96. The third-order valence-electron chi connectivity index (χ3n) is 4.76. The van der Waals surface area contributed by atoms with E-state index in [2.05, 4.69) is 10.3 Å². The molecule has 9 heteroatoms. The topological polar surface area (TPSA) is 112 Å². The van der Waals surface area contributed by atoms with Crippen molar-refractivity contribution in [2.24, 2.45) is 0 Å². The van der Waals surface area contributed by atoms with E-state index in [0.717, 1.165) is 12.1 Å². The third kappa shape index (κ3) is 4.89. The molecule has 162 valence electrons. The smallest absolute Gasteiger partial charge is 0.248 e. The summed E-state index contributed by atoms with van der Waals surface area (Å²) in [6, 6.07) is 11.2. The van der Waals surface area contributed by atoms with Crippen LogP contribution >= 0.6 is 0 Å². The Labute approximate surface area is 177 Å². The number of amides is 1. The summed E-state index contributed by atoms with van der Waals surface area (Å²) < 4.78 is 27.4. The van der Waals surface area contributed by atoms with E-state index in [4.69, 9.17) is 5.73 Å². The Balaban J connectivity index is 1.89. The first kappa shape index (κ1) is 22.0. The Morgan fingerprint density at radius 2 is 1.94 bits per heavy atom. The number of benzene rings is 2. The highest BCUT2D eigenvalue weighted by atomic mass is 19.1. The summed E-state index contributed by atoms with van der Waals surface area (Å²) >= 11 is 0. The first-order valence-corrected chi connectivity index (χ1v) is 9.40. The zero-order valence-corrected chi connectivity index (χ0v) is 16.9. The van der Waals surface area contributed by atoms with Crippen molar-refractivity contribution < 1.29 is 23.8 Å². The van der Waals surface area contributed by atoms with Gasteiger partial charge < -0.3 is 26.2 Å². The summed E-state index contributed by atoms with van der Waals surface area (Å²) in [4.78, 5) is 17.3. The molecule has 31 heavy (non-hydrogen) atoms. The first-order valence-electron chi connectivity index (χ1n) is 9.40. The van der Waals surface area contributed by atoms with E-state index in [0.29, 0.717) is 22.5 Å². The number of nitrogen functional groups attached to an aromatic ring is 1. The maximum atomic E-state index is 14.2. The zero-order chi connectivity index (χ0) is 22.7. The van der Waals surface area contributed by atoms with Gasteiger partial charge in [0.15, 0.2) is 0 Å². The average molecular weight is 428 g/mol. The van der Waals surface area contributed by atoms with Gasteiger partial charge >= 0.3 is 0 Å². The second-order valence-electron chi connectivity index (χ2n) is 6.99. The van der Waals surface area contributed by atoms with E-state index in [1.165, 1.54) is 24.0 Å². The highest BCUT2D eigenvalue weighted by molar-refractivity contribution is 5.80. The molecule has 0 radical (unpaired) electrons. The van der Waals surface area contributed by atoms with Gasteiger partial charge in [-0.25, -0.2) is 13.8 Å². The minimum Gasteiger partial charge on any atom is -0.507 e. The zero-order valence-electron chi connectivity index (χ0n) is 16.9. The van der Waals surface area contributed by atoms with Crippen molar-refractivity contribution in [3.63, 3.8) is 0 Å². The number of nitrogens with one attached hydrogen (secondary N) is 1. The third-order valence-corrected chi connectivity index (χ3v) is 4.76. The van der Waals surface area contributed by atoms with Gasteiger partial charge in [-0.1, -0.05) is 6.07 Å². The number of carbonyl (C=O) groups excluding carboxylic acids is 1. The normalized spacial score (nSPS) is 11.8. The van der Waals surface area contributed by atoms with Crippen LogP contribution in [0.25, 0.3) is 11.3 Å². The van der Waals surface area contributed by atoms with Gasteiger partial charge in [-0.3, -0.25) is 4.79 Å². The van der Waals surface area contributed by atoms with E-state index in [1.807, 2.05) is 0 Å². The molecular formula is C22H22F2N4O3. The summed E-state index contributed by atoms with van der Waals surface area (Å²) in [6.45, 7) is 1.44. The molecule has 0 fully saturated rings. The number of pyridine rings is 1.